The smallest absolute Gasteiger partial charge is 0.475 e. The van der Waals surface area contributed by atoms with E-state index < -0.39 is 12.1 Å². The number of aliphatic carboxylic acids is 1. The van der Waals surface area contributed by atoms with Crippen molar-refractivity contribution >= 4 is 11.9 Å². The molecular weight excluding hydrogens is 389 g/mol. The molecule has 0 aromatic rings. The number of hydrogen-bond donors (Lipinski definition) is 1. The summed E-state index contributed by atoms with van der Waals surface area (Å²) >= 11 is 0. The third-order valence-corrected chi connectivity index (χ3v) is 5.56. The minimum absolute atomic E-state index is 0.0657. The van der Waals surface area contributed by atoms with Crippen LogP contribution < -0.4 is 0 Å². The number of carboxylic acid groups (broad SMARTS) is 1. The van der Waals surface area contributed by atoms with Gasteiger partial charge in [0.1, 0.15) is 0 Å². The summed E-state index contributed by atoms with van der Waals surface area (Å²) in [4.78, 5) is 25.8. The van der Waals surface area contributed by atoms with E-state index in [4.69, 9.17) is 14.6 Å². The number of halogens is 3. The molecule has 3 aliphatic rings. The Bertz CT molecular complexity index is 621. The van der Waals surface area contributed by atoms with Crippen molar-refractivity contribution in [2.75, 3.05) is 33.7 Å². The van der Waals surface area contributed by atoms with E-state index in [2.05, 4.69) is 30.0 Å². The molecule has 0 saturated carbocycles. The lowest BCUT2D eigenvalue weighted by atomic mass is 9.90. The van der Waals surface area contributed by atoms with E-state index in [-0.39, 0.29) is 11.5 Å². The first kappa shape index (κ1) is 23.7. The highest BCUT2D eigenvalue weighted by molar-refractivity contribution is 5.93. The maximum atomic E-state index is 12.7. The molecule has 1 N–H and O–H groups in total. The van der Waals surface area contributed by atoms with E-state index in [1.807, 2.05) is 0 Å². The summed E-state index contributed by atoms with van der Waals surface area (Å²) in [6.45, 7) is 2.65. The number of carbonyl (C=O) groups is 2. The minimum atomic E-state index is -5.08. The second-order valence-corrected chi connectivity index (χ2v) is 8.33. The zero-order valence-corrected chi connectivity index (χ0v) is 17.1. The number of alkyl halides is 3. The van der Waals surface area contributed by atoms with Gasteiger partial charge in [-0.3, -0.25) is 4.79 Å². The van der Waals surface area contributed by atoms with Crippen molar-refractivity contribution in [3.05, 3.63) is 11.6 Å². The van der Waals surface area contributed by atoms with Crippen LogP contribution in [0.4, 0.5) is 13.2 Å². The third kappa shape index (κ3) is 6.99. The molecule has 2 atom stereocenters. The summed E-state index contributed by atoms with van der Waals surface area (Å²) in [6, 6.07) is 0. The molecule has 6 nitrogen and oxygen atoms in total. The van der Waals surface area contributed by atoms with Gasteiger partial charge in [0.2, 0.25) is 5.91 Å². The second kappa shape index (κ2) is 9.93. The fraction of sp³-hybridized carbons (Fsp3) is 0.800. The van der Waals surface area contributed by atoms with Crippen LogP contribution in [0.15, 0.2) is 11.6 Å². The van der Waals surface area contributed by atoms with Gasteiger partial charge < -0.3 is 19.6 Å². The van der Waals surface area contributed by atoms with Gasteiger partial charge in [-0.05, 0) is 65.5 Å². The van der Waals surface area contributed by atoms with Crippen LogP contribution in [-0.4, -0.2) is 78.4 Å². The number of carbonyl (C=O) groups excluding carboxylic acids is 1. The molecule has 0 aromatic heterocycles. The Morgan fingerprint density at radius 3 is 2.52 bits per heavy atom. The Labute approximate surface area is 169 Å². The molecule has 0 aromatic carbocycles. The SMILES string of the molecule is CN(C)C[C@@H]1CCC[C@]2(CCN(C(=O)C3=CCCCC3)C2)O1.O=C(O)C(F)(F)F. The molecular formula is C20H31F3N2O4. The third-order valence-electron chi connectivity index (χ3n) is 5.56. The van der Waals surface area contributed by atoms with Gasteiger partial charge in [0.05, 0.1) is 18.2 Å². The molecule has 3 rings (SSSR count). The van der Waals surface area contributed by atoms with Crippen LogP contribution in [0.3, 0.4) is 0 Å². The quantitative estimate of drug-likeness (QED) is 0.759. The molecule has 166 valence electrons. The van der Waals surface area contributed by atoms with Gasteiger partial charge in [-0.25, -0.2) is 4.79 Å². The first-order chi connectivity index (χ1) is 13.5. The highest BCUT2D eigenvalue weighted by Gasteiger charge is 2.44. The van der Waals surface area contributed by atoms with Gasteiger partial charge in [-0.15, -0.1) is 0 Å². The standard InChI is InChI=1S/C18H30N2O2.C2HF3O2/c1-19(2)13-16-9-6-10-18(22-16)11-12-20(14-18)17(21)15-7-4-3-5-8-15;3-2(4,5)1(6)7/h7,16H,3-6,8-14H2,1-2H3;(H,6,7)/t16-,18+;/m0./s1. The summed E-state index contributed by atoms with van der Waals surface area (Å²) < 4.78 is 38.2. The first-order valence-corrected chi connectivity index (χ1v) is 10.1. The Hall–Kier alpha value is -1.61. The molecule has 2 fully saturated rings. The van der Waals surface area contributed by atoms with Crippen LogP contribution in [0, 0.1) is 0 Å². The number of rotatable bonds is 3. The number of likely N-dealkylation sites (N-methyl/N-ethyl adjacent to an activating group) is 1. The number of likely N-dealkylation sites (tertiary alicyclic amines) is 1. The Morgan fingerprint density at radius 1 is 1.28 bits per heavy atom. The molecule has 1 spiro atoms. The number of amides is 1. The Balaban J connectivity index is 0.000000370. The van der Waals surface area contributed by atoms with E-state index >= 15 is 0 Å². The number of allylic oxidation sites excluding steroid dienone is 1. The van der Waals surface area contributed by atoms with Crippen LogP contribution in [-0.2, 0) is 14.3 Å². The van der Waals surface area contributed by atoms with E-state index in [9.17, 15) is 18.0 Å². The maximum Gasteiger partial charge on any atom is 0.490 e. The van der Waals surface area contributed by atoms with Crippen LogP contribution in [0.25, 0.3) is 0 Å². The fourth-order valence-electron chi connectivity index (χ4n) is 4.21. The topological polar surface area (TPSA) is 70.1 Å². The number of nitrogens with zero attached hydrogens (tertiary/aromatic N) is 2. The molecule has 1 aliphatic carbocycles. The lowest BCUT2D eigenvalue weighted by Crippen LogP contribution is -2.46. The molecule has 2 saturated heterocycles. The average Bonchev–Trinajstić information content (AvgIpc) is 3.04. The molecule has 29 heavy (non-hydrogen) atoms. The molecule has 2 heterocycles. The van der Waals surface area contributed by atoms with E-state index in [1.54, 1.807) is 0 Å². The van der Waals surface area contributed by atoms with Crippen molar-refractivity contribution < 1.29 is 32.6 Å². The summed E-state index contributed by atoms with van der Waals surface area (Å²) in [5.74, 6) is -2.48. The molecule has 1 amide bonds. The van der Waals surface area contributed by atoms with Crippen LogP contribution in [0.1, 0.15) is 51.4 Å². The molecule has 0 bridgehead atoms. The van der Waals surface area contributed by atoms with Gasteiger partial charge in [-0.2, -0.15) is 13.2 Å². The lowest BCUT2D eigenvalue weighted by molar-refractivity contribution is -0.192. The van der Waals surface area contributed by atoms with E-state index in [0.29, 0.717) is 6.10 Å². The number of hydrogen-bond acceptors (Lipinski definition) is 4. The largest absolute Gasteiger partial charge is 0.490 e. The summed E-state index contributed by atoms with van der Waals surface area (Å²) in [5.41, 5.74) is 0.980. The van der Waals surface area contributed by atoms with Crippen molar-refractivity contribution in [3.63, 3.8) is 0 Å². The van der Waals surface area contributed by atoms with Gasteiger partial charge in [0, 0.05) is 18.7 Å². The van der Waals surface area contributed by atoms with Crippen LogP contribution in [0.2, 0.25) is 0 Å². The molecule has 0 radical (unpaired) electrons. The van der Waals surface area contributed by atoms with Crippen LogP contribution in [0.5, 0.6) is 0 Å². The summed E-state index contributed by atoms with van der Waals surface area (Å²) in [5, 5.41) is 7.12. The first-order valence-electron chi connectivity index (χ1n) is 10.1. The van der Waals surface area contributed by atoms with E-state index in [0.717, 1.165) is 63.7 Å². The zero-order valence-electron chi connectivity index (χ0n) is 17.1. The van der Waals surface area contributed by atoms with Gasteiger partial charge >= 0.3 is 12.1 Å². The van der Waals surface area contributed by atoms with Crippen LogP contribution >= 0.6 is 0 Å². The van der Waals surface area contributed by atoms with Gasteiger partial charge in [0.25, 0.3) is 0 Å². The van der Waals surface area contributed by atoms with E-state index in [1.165, 1.54) is 12.8 Å². The highest BCUT2D eigenvalue weighted by atomic mass is 19.4. The summed E-state index contributed by atoms with van der Waals surface area (Å²) in [6.07, 6.45) is 6.33. The van der Waals surface area contributed by atoms with Gasteiger partial charge in [0.15, 0.2) is 0 Å². The fourth-order valence-corrected chi connectivity index (χ4v) is 4.21. The van der Waals surface area contributed by atoms with Crippen molar-refractivity contribution in [2.45, 2.75) is 69.2 Å². The van der Waals surface area contributed by atoms with Crippen molar-refractivity contribution in [2.24, 2.45) is 0 Å². The Kier molecular flexibility index (Phi) is 8.10. The van der Waals surface area contributed by atoms with Crippen molar-refractivity contribution in [3.8, 4) is 0 Å². The lowest BCUT2D eigenvalue weighted by Gasteiger charge is -2.39. The Morgan fingerprint density at radius 2 is 1.97 bits per heavy atom. The number of carboxylic acids is 1. The van der Waals surface area contributed by atoms with Crippen molar-refractivity contribution in [1.82, 2.24) is 9.80 Å². The molecule has 9 heteroatoms. The monoisotopic (exact) mass is 420 g/mol. The predicted molar refractivity (Wildman–Crippen MR) is 101 cm³/mol. The minimum Gasteiger partial charge on any atom is -0.475 e. The van der Waals surface area contributed by atoms with Gasteiger partial charge in [-0.1, -0.05) is 6.08 Å². The normalized spacial score (nSPS) is 27.4. The highest BCUT2D eigenvalue weighted by Crippen LogP contribution is 2.37. The zero-order chi connectivity index (χ0) is 21.7. The van der Waals surface area contributed by atoms with Crippen molar-refractivity contribution in [1.29, 1.82) is 0 Å². The maximum absolute atomic E-state index is 12.7. The summed E-state index contributed by atoms with van der Waals surface area (Å²) in [7, 11) is 4.20. The average molecular weight is 420 g/mol. The number of ether oxygens (including phenoxy) is 1. The second-order valence-electron chi connectivity index (χ2n) is 8.33. The predicted octanol–water partition coefficient (Wildman–Crippen LogP) is 3.22. The molecule has 0 unspecified atom stereocenters. The molecule has 2 aliphatic heterocycles.